The van der Waals surface area contributed by atoms with Crippen molar-refractivity contribution < 1.29 is 28.4 Å². The van der Waals surface area contributed by atoms with Gasteiger partial charge in [-0.1, -0.05) is 30.5 Å². The highest BCUT2D eigenvalue weighted by molar-refractivity contribution is 7.10. The number of rotatable bonds is 8. The van der Waals surface area contributed by atoms with Crippen molar-refractivity contribution in [1.82, 2.24) is 5.16 Å². The van der Waals surface area contributed by atoms with E-state index in [0.29, 0.717) is 15.2 Å². The van der Waals surface area contributed by atoms with Gasteiger partial charge in [0.05, 0.1) is 13.6 Å². The fourth-order valence-electron chi connectivity index (χ4n) is 5.21. The average molecular weight is 463 g/mol. The first-order chi connectivity index (χ1) is 15.4. The Kier molecular flexibility index (Phi) is 6.97. The van der Waals surface area contributed by atoms with Crippen molar-refractivity contribution in [3.63, 3.8) is 0 Å². The molecule has 1 saturated carbocycles. The van der Waals surface area contributed by atoms with Crippen molar-refractivity contribution in [2.75, 3.05) is 32.1 Å². The lowest BCUT2D eigenvalue weighted by molar-refractivity contribution is -0.913. The molecule has 1 amide bonds. The molecule has 9 heteroatoms. The van der Waals surface area contributed by atoms with Gasteiger partial charge < -0.3 is 24.2 Å². The summed E-state index contributed by atoms with van der Waals surface area (Å²) in [5.74, 6) is -0.452. The first-order valence-electron chi connectivity index (χ1n) is 11.4. The SMILES string of the molecule is C[N+]1(CC(=O)Nc2ccon2)CCCC1COC(=O)C(O)(c1cccs1)C1CCCCC1. The summed E-state index contributed by atoms with van der Waals surface area (Å²) in [7, 11) is 2.01. The zero-order valence-corrected chi connectivity index (χ0v) is 19.3. The molecule has 0 bridgehead atoms. The number of aliphatic hydroxyl groups is 1. The molecule has 3 unspecified atom stereocenters. The Morgan fingerprint density at radius 1 is 1.28 bits per heavy atom. The lowest BCUT2D eigenvalue weighted by Crippen LogP contribution is -2.54. The minimum absolute atomic E-state index is 0.000880. The maximum Gasteiger partial charge on any atom is 0.344 e. The van der Waals surface area contributed by atoms with E-state index in [1.165, 1.54) is 17.6 Å². The van der Waals surface area contributed by atoms with Gasteiger partial charge in [0, 0.05) is 29.7 Å². The number of esters is 1. The Bertz CT molecular complexity index is 897. The number of anilines is 1. The molecule has 4 rings (SSSR count). The number of amides is 1. The Hall–Kier alpha value is -2.23. The predicted molar refractivity (Wildman–Crippen MR) is 120 cm³/mol. The number of likely N-dealkylation sites (N-methyl/N-ethyl adjacent to an activating group) is 1. The largest absolute Gasteiger partial charge is 0.457 e. The van der Waals surface area contributed by atoms with E-state index >= 15 is 0 Å². The van der Waals surface area contributed by atoms with Crippen LogP contribution in [0.1, 0.15) is 49.8 Å². The molecule has 2 aromatic rings. The number of carbonyl (C=O) groups is 2. The number of aromatic nitrogens is 1. The van der Waals surface area contributed by atoms with Gasteiger partial charge in [-0.2, -0.15) is 0 Å². The summed E-state index contributed by atoms with van der Waals surface area (Å²) < 4.78 is 11.0. The van der Waals surface area contributed by atoms with Crippen LogP contribution in [-0.2, 0) is 19.9 Å². The number of hydrogen-bond donors (Lipinski definition) is 2. The summed E-state index contributed by atoms with van der Waals surface area (Å²) in [6, 6.07) is 5.28. The summed E-state index contributed by atoms with van der Waals surface area (Å²) in [6.07, 6.45) is 8.04. The van der Waals surface area contributed by atoms with Crippen LogP contribution >= 0.6 is 11.3 Å². The molecular weight excluding hydrogens is 430 g/mol. The Balaban J connectivity index is 1.41. The Morgan fingerprint density at radius 3 is 2.78 bits per heavy atom. The van der Waals surface area contributed by atoms with E-state index in [1.54, 1.807) is 6.07 Å². The maximum absolute atomic E-state index is 13.3. The third-order valence-electron chi connectivity index (χ3n) is 7.11. The van der Waals surface area contributed by atoms with Crippen molar-refractivity contribution in [2.45, 2.75) is 56.6 Å². The van der Waals surface area contributed by atoms with Gasteiger partial charge in [-0.15, -0.1) is 11.3 Å². The summed E-state index contributed by atoms with van der Waals surface area (Å²) in [4.78, 5) is 26.5. The lowest BCUT2D eigenvalue weighted by atomic mass is 9.76. The number of thiophene rings is 1. The lowest BCUT2D eigenvalue weighted by Gasteiger charge is -2.38. The van der Waals surface area contributed by atoms with Crippen LogP contribution in [-0.4, -0.2) is 59.4 Å². The average Bonchev–Trinajstić information content (AvgIpc) is 3.55. The molecule has 0 spiro atoms. The third kappa shape index (κ3) is 4.74. The molecule has 0 aromatic carbocycles. The van der Waals surface area contributed by atoms with Crippen LogP contribution in [0.4, 0.5) is 5.82 Å². The number of ether oxygens (including phenoxy) is 1. The minimum Gasteiger partial charge on any atom is -0.457 e. The van der Waals surface area contributed by atoms with Crippen LogP contribution < -0.4 is 5.32 Å². The van der Waals surface area contributed by atoms with E-state index in [4.69, 9.17) is 9.26 Å². The van der Waals surface area contributed by atoms with Gasteiger partial charge in [-0.05, 0) is 24.3 Å². The molecule has 32 heavy (non-hydrogen) atoms. The van der Waals surface area contributed by atoms with Crippen molar-refractivity contribution in [1.29, 1.82) is 0 Å². The van der Waals surface area contributed by atoms with E-state index in [1.807, 2.05) is 24.6 Å². The van der Waals surface area contributed by atoms with Crippen LogP contribution in [0.2, 0.25) is 0 Å². The second-order valence-electron chi connectivity index (χ2n) is 9.27. The summed E-state index contributed by atoms with van der Waals surface area (Å²) in [6.45, 7) is 1.27. The smallest absolute Gasteiger partial charge is 0.344 e. The quantitative estimate of drug-likeness (QED) is 0.461. The van der Waals surface area contributed by atoms with Crippen LogP contribution in [0.15, 0.2) is 34.4 Å². The number of carbonyl (C=O) groups excluding carboxylic acids is 2. The summed E-state index contributed by atoms with van der Waals surface area (Å²) >= 11 is 1.40. The predicted octanol–water partition coefficient (Wildman–Crippen LogP) is 3.29. The number of likely N-dealkylation sites (tertiary alicyclic amines) is 1. The molecule has 2 fully saturated rings. The number of hydrogen-bond acceptors (Lipinski definition) is 7. The Morgan fingerprint density at radius 2 is 2.09 bits per heavy atom. The standard InChI is InChI=1S/C23H31N3O5S/c1-26(15-21(27)24-20-11-13-31-25-20)12-5-9-18(26)16-30-22(28)23(29,19-10-6-14-32-19)17-7-3-2-4-8-17/h6,10-11,13-14,17-18,29H,2-5,7-9,12,15-16H2,1H3/p+1. The first-order valence-corrected chi connectivity index (χ1v) is 12.3. The van der Waals surface area contributed by atoms with Gasteiger partial charge >= 0.3 is 5.97 Å². The van der Waals surface area contributed by atoms with Gasteiger partial charge in [0.2, 0.25) is 0 Å². The molecule has 1 aliphatic carbocycles. The van der Waals surface area contributed by atoms with Crippen molar-refractivity contribution >= 4 is 29.0 Å². The topological polar surface area (TPSA) is 102 Å². The van der Waals surface area contributed by atoms with Crippen molar-refractivity contribution in [3.05, 3.63) is 34.7 Å². The highest BCUT2D eigenvalue weighted by atomic mass is 32.1. The molecule has 0 radical (unpaired) electrons. The molecule has 3 heterocycles. The van der Waals surface area contributed by atoms with Crippen molar-refractivity contribution in [2.24, 2.45) is 5.92 Å². The van der Waals surface area contributed by atoms with Crippen LogP contribution in [0.5, 0.6) is 0 Å². The van der Waals surface area contributed by atoms with E-state index in [-0.39, 0.29) is 31.0 Å². The van der Waals surface area contributed by atoms with Crippen LogP contribution in [0.3, 0.4) is 0 Å². The van der Waals surface area contributed by atoms with Crippen LogP contribution in [0, 0.1) is 5.92 Å². The van der Waals surface area contributed by atoms with E-state index in [0.717, 1.165) is 51.5 Å². The highest BCUT2D eigenvalue weighted by Crippen LogP contribution is 2.42. The molecule has 174 valence electrons. The second-order valence-corrected chi connectivity index (χ2v) is 10.2. The molecule has 2 aliphatic rings. The Labute approximate surface area is 192 Å². The number of quaternary nitrogens is 1. The molecule has 2 N–H and O–H groups in total. The summed E-state index contributed by atoms with van der Waals surface area (Å²) in [5, 5.41) is 19.9. The minimum atomic E-state index is -1.60. The second kappa shape index (κ2) is 9.72. The molecule has 8 nitrogen and oxygen atoms in total. The molecule has 1 aliphatic heterocycles. The monoisotopic (exact) mass is 462 g/mol. The van der Waals surface area contributed by atoms with Gasteiger partial charge in [0.25, 0.3) is 5.91 Å². The first kappa shape index (κ1) is 22.9. The number of nitrogens with zero attached hydrogens (tertiary/aromatic N) is 2. The fraction of sp³-hybridized carbons (Fsp3) is 0.609. The van der Waals surface area contributed by atoms with Crippen LogP contribution in [0.25, 0.3) is 0 Å². The van der Waals surface area contributed by atoms with Gasteiger partial charge in [0.15, 0.2) is 18.0 Å². The van der Waals surface area contributed by atoms with Gasteiger partial charge in [-0.25, -0.2) is 4.79 Å². The highest BCUT2D eigenvalue weighted by Gasteiger charge is 2.49. The molecule has 1 saturated heterocycles. The molecular formula is C23H32N3O5S+. The zero-order chi connectivity index (χ0) is 22.6. The number of nitrogens with one attached hydrogen (secondary N) is 1. The van der Waals surface area contributed by atoms with E-state index in [2.05, 4.69) is 10.5 Å². The zero-order valence-electron chi connectivity index (χ0n) is 18.5. The molecule has 3 atom stereocenters. The van der Waals surface area contributed by atoms with E-state index < -0.39 is 11.6 Å². The maximum atomic E-state index is 13.3. The summed E-state index contributed by atoms with van der Waals surface area (Å²) in [5.41, 5.74) is -1.60. The molecule has 2 aromatic heterocycles. The van der Waals surface area contributed by atoms with E-state index in [9.17, 15) is 14.7 Å². The van der Waals surface area contributed by atoms with Gasteiger partial charge in [-0.3, -0.25) is 4.79 Å². The third-order valence-corrected chi connectivity index (χ3v) is 8.10. The van der Waals surface area contributed by atoms with Crippen molar-refractivity contribution in [3.8, 4) is 0 Å². The van der Waals surface area contributed by atoms with Gasteiger partial charge in [0.1, 0.15) is 18.9 Å². The fourth-order valence-corrected chi connectivity index (χ4v) is 6.10. The normalized spacial score (nSPS) is 25.9.